The number of H-pyrrole nitrogens is 1. The molecule has 0 bridgehead atoms. The van der Waals surface area contributed by atoms with Crippen molar-refractivity contribution in [3.8, 4) is 0 Å². The number of aromatic nitrogens is 1. The lowest BCUT2D eigenvalue weighted by Gasteiger charge is -2.24. The Morgan fingerprint density at radius 2 is 1.51 bits per heavy atom. The lowest BCUT2D eigenvalue weighted by molar-refractivity contribution is -0.138. The molecule has 3 unspecified atom stereocenters. The minimum Gasteiger partial charge on any atom is -0.480 e. The molecule has 2 aromatic carbocycles. The van der Waals surface area contributed by atoms with Gasteiger partial charge in [-0.15, -0.1) is 0 Å². The highest BCUT2D eigenvalue weighted by atomic mass is 16.4. The molecule has 39 heavy (non-hydrogen) atoms. The second kappa shape index (κ2) is 14.6. The van der Waals surface area contributed by atoms with Crippen LogP contribution in [0, 0.1) is 0 Å². The predicted molar refractivity (Wildman–Crippen MR) is 148 cm³/mol. The number of unbranched alkanes of at least 4 members (excludes halogenated alkanes) is 1. The first-order valence-electron chi connectivity index (χ1n) is 12.9. The molecule has 3 aromatic rings. The van der Waals surface area contributed by atoms with Crippen LogP contribution < -0.4 is 27.4 Å². The standard InChI is InChI=1S/C28H36N6O5/c29-13-7-6-11-21(30)26(37)33-24(15-19-16-31-22-12-5-4-10-20(19)22)28(39)34-23(27(38)32-17-25(35)36)14-18-8-2-1-3-9-18/h1-5,8-10,12,16,21,23-24,31H,6-7,11,13-15,17,29-30H2,(H,32,38)(H,33,37)(H,34,39)(H,35,36). The summed E-state index contributed by atoms with van der Waals surface area (Å²) in [5, 5.41) is 17.7. The highest BCUT2D eigenvalue weighted by molar-refractivity contribution is 5.94. The molecular weight excluding hydrogens is 500 g/mol. The first kappa shape index (κ1) is 29.3. The molecule has 0 saturated heterocycles. The summed E-state index contributed by atoms with van der Waals surface area (Å²) in [4.78, 5) is 53.5. The minimum atomic E-state index is -1.21. The Labute approximate surface area is 226 Å². The van der Waals surface area contributed by atoms with E-state index in [1.54, 1.807) is 30.5 Å². The molecule has 0 aliphatic carbocycles. The van der Waals surface area contributed by atoms with Gasteiger partial charge in [0.05, 0.1) is 6.04 Å². The number of nitrogens with one attached hydrogen (secondary N) is 4. The summed E-state index contributed by atoms with van der Waals surface area (Å²) in [6, 6.07) is 13.7. The number of aromatic amines is 1. The van der Waals surface area contributed by atoms with Crippen LogP contribution in [0.4, 0.5) is 0 Å². The Balaban J connectivity index is 1.82. The van der Waals surface area contributed by atoms with E-state index in [1.807, 2.05) is 30.3 Å². The van der Waals surface area contributed by atoms with Crippen molar-refractivity contribution in [1.82, 2.24) is 20.9 Å². The van der Waals surface area contributed by atoms with Gasteiger partial charge < -0.3 is 37.5 Å². The maximum absolute atomic E-state index is 13.6. The molecule has 0 aliphatic rings. The van der Waals surface area contributed by atoms with Crippen LogP contribution in [0.1, 0.15) is 30.4 Å². The fourth-order valence-electron chi connectivity index (χ4n) is 4.27. The van der Waals surface area contributed by atoms with Crippen molar-refractivity contribution in [2.75, 3.05) is 13.1 Å². The van der Waals surface area contributed by atoms with E-state index in [0.717, 1.165) is 28.5 Å². The summed E-state index contributed by atoms with van der Waals surface area (Å²) >= 11 is 0. The van der Waals surface area contributed by atoms with E-state index in [4.69, 9.17) is 16.6 Å². The summed E-state index contributed by atoms with van der Waals surface area (Å²) in [5.74, 6) is -2.93. The third-order valence-corrected chi connectivity index (χ3v) is 6.37. The molecule has 9 N–H and O–H groups in total. The van der Waals surface area contributed by atoms with Gasteiger partial charge in [0.15, 0.2) is 0 Å². The number of hydrogen-bond donors (Lipinski definition) is 7. The van der Waals surface area contributed by atoms with Crippen LogP contribution >= 0.6 is 0 Å². The van der Waals surface area contributed by atoms with Gasteiger partial charge in [0.1, 0.15) is 18.6 Å². The monoisotopic (exact) mass is 536 g/mol. The van der Waals surface area contributed by atoms with Crippen LogP contribution in [0.2, 0.25) is 0 Å². The van der Waals surface area contributed by atoms with Crippen molar-refractivity contribution >= 4 is 34.6 Å². The van der Waals surface area contributed by atoms with Gasteiger partial charge in [-0.2, -0.15) is 0 Å². The highest BCUT2D eigenvalue weighted by Gasteiger charge is 2.29. The van der Waals surface area contributed by atoms with Crippen LogP contribution in [-0.2, 0) is 32.0 Å². The number of carbonyl (C=O) groups excluding carboxylic acids is 3. The van der Waals surface area contributed by atoms with Crippen LogP contribution in [0.3, 0.4) is 0 Å². The van der Waals surface area contributed by atoms with Crippen LogP contribution in [0.5, 0.6) is 0 Å². The number of amides is 3. The number of para-hydroxylation sites is 1. The molecule has 1 aromatic heterocycles. The number of aliphatic carboxylic acids is 1. The number of carboxylic acids is 1. The molecule has 0 fully saturated rings. The Hall–Kier alpha value is -4.22. The zero-order chi connectivity index (χ0) is 28.2. The van der Waals surface area contributed by atoms with E-state index in [9.17, 15) is 19.2 Å². The van der Waals surface area contributed by atoms with Crippen LogP contribution in [0.25, 0.3) is 10.9 Å². The van der Waals surface area contributed by atoms with Gasteiger partial charge in [0.25, 0.3) is 0 Å². The number of benzene rings is 2. The van der Waals surface area contributed by atoms with E-state index in [2.05, 4.69) is 20.9 Å². The quantitative estimate of drug-likeness (QED) is 0.138. The largest absolute Gasteiger partial charge is 0.480 e. The van der Waals surface area contributed by atoms with Crippen LogP contribution in [0.15, 0.2) is 60.8 Å². The van der Waals surface area contributed by atoms with Crippen molar-refractivity contribution in [1.29, 1.82) is 0 Å². The molecule has 0 saturated carbocycles. The number of carbonyl (C=O) groups is 4. The van der Waals surface area contributed by atoms with E-state index in [1.165, 1.54) is 0 Å². The lowest BCUT2D eigenvalue weighted by Crippen LogP contribution is -2.57. The SMILES string of the molecule is NCCCCC(N)C(=O)NC(Cc1c[nH]c2ccccc12)C(=O)NC(Cc1ccccc1)C(=O)NCC(=O)O. The Morgan fingerprint density at radius 3 is 2.23 bits per heavy atom. The summed E-state index contributed by atoms with van der Waals surface area (Å²) in [5.41, 5.74) is 14.1. The highest BCUT2D eigenvalue weighted by Crippen LogP contribution is 2.19. The third kappa shape index (κ3) is 8.94. The molecule has 3 atom stereocenters. The maximum atomic E-state index is 13.6. The molecule has 11 nitrogen and oxygen atoms in total. The molecule has 3 rings (SSSR count). The molecule has 0 spiro atoms. The van der Waals surface area contributed by atoms with Crippen molar-refractivity contribution < 1.29 is 24.3 Å². The zero-order valence-electron chi connectivity index (χ0n) is 21.7. The van der Waals surface area contributed by atoms with Gasteiger partial charge in [0.2, 0.25) is 17.7 Å². The molecule has 1 heterocycles. The lowest BCUT2D eigenvalue weighted by atomic mass is 10.0. The number of rotatable bonds is 15. The molecule has 11 heteroatoms. The fraction of sp³-hybridized carbons (Fsp3) is 0.357. The first-order chi connectivity index (χ1) is 18.8. The zero-order valence-corrected chi connectivity index (χ0v) is 21.7. The maximum Gasteiger partial charge on any atom is 0.322 e. The summed E-state index contributed by atoms with van der Waals surface area (Å²) in [7, 11) is 0. The Bertz CT molecular complexity index is 1260. The van der Waals surface area contributed by atoms with E-state index < -0.39 is 48.4 Å². The van der Waals surface area contributed by atoms with Gasteiger partial charge in [-0.3, -0.25) is 19.2 Å². The summed E-state index contributed by atoms with van der Waals surface area (Å²) in [6.07, 6.45) is 3.87. The second-order valence-electron chi connectivity index (χ2n) is 9.38. The van der Waals surface area contributed by atoms with Gasteiger partial charge in [-0.1, -0.05) is 55.0 Å². The van der Waals surface area contributed by atoms with Crippen molar-refractivity contribution in [2.24, 2.45) is 11.5 Å². The number of hydrogen-bond acceptors (Lipinski definition) is 6. The summed E-state index contributed by atoms with van der Waals surface area (Å²) < 4.78 is 0. The van der Waals surface area contributed by atoms with Crippen LogP contribution in [-0.4, -0.2) is 65.0 Å². The van der Waals surface area contributed by atoms with E-state index >= 15 is 0 Å². The molecule has 0 radical (unpaired) electrons. The normalized spacial score (nSPS) is 13.3. The van der Waals surface area contributed by atoms with Crippen molar-refractivity contribution in [3.63, 3.8) is 0 Å². The number of nitrogens with two attached hydrogens (primary N) is 2. The Kier molecular flexibility index (Phi) is 11.0. The average molecular weight is 537 g/mol. The van der Waals surface area contributed by atoms with Gasteiger partial charge in [-0.05, 0) is 36.6 Å². The Morgan fingerprint density at radius 1 is 0.846 bits per heavy atom. The van der Waals surface area contributed by atoms with E-state index in [-0.39, 0.29) is 12.8 Å². The smallest absolute Gasteiger partial charge is 0.322 e. The fourth-order valence-corrected chi connectivity index (χ4v) is 4.27. The van der Waals surface area contributed by atoms with Gasteiger partial charge >= 0.3 is 5.97 Å². The third-order valence-electron chi connectivity index (χ3n) is 6.37. The van der Waals surface area contributed by atoms with E-state index in [0.29, 0.717) is 19.4 Å². The topological polar surface area (TPSA) is 192 Å². The van der Waals surface area contributed by atoms with Gasteiger partial charge in [0, 0.05) is 29.9 Å². The van der Waals surface area contributed by atoms with Crippen molar-refractivity contribution in [3.05, 3.63) is 71.9 Å². The second-order valence-corrected chi connectivity index (χ2v) is 9.38. The number of carboxylic acid groups (broad SMARTS) is 1. The average Bonchev–Trinajstić information content (AvgIpc) is 3.34. The molecule has 208 valence electrons. The predicted octanol–water partition coefficient (Wildman–Crippen LogP) is 0.580. The minimum absolute atomic E-state index is 0.129. The summed E-state index contributed by atoms with van der Waals surface area (Å²) in [6.45, 7) is -0.0974. The van der Waals surface area contributed by atoms with Gasteiger partial charge in [-0.25, -0.2) is 0 Å². The van der Waals surface area contributed by atoms with Crippen molar-refractivity contribution in [2.45, 2.75) is 50.2 Å². The first-order valence-corrected chi connectivity index (χ1v) is 12.9. The number of fused-ring (bicyclic) bond motifs is 1. The molecule has 3 amide bonds. The molecule has 0 aliphatic heterocycles. The molecular formula is C28H36N6O5.